The second kappa shape index (κ2) is 4.91. The van der Waals surface area contributed by atoms with E-state index in [0.29, 0.717) is 0 Å². The van der Waals surface area contributed by atoms with Gasteiger partial charge in [-0.15, -0.1) is 0 Å². The van der Waals surface area contributed by atoms with Gasteiger partial charge in [0.2, 0.25) is 0 Å². The molecule has 13 heavy (non-hydrogen) atoms. The molecule has 1 unspecified atom stereocenters. The predicted molar refractivity (Wildman–Crippen MR) is 59.7 cm³/mol. The number of rotatable bonds is 0. The quantitative estimate of drug-likeness (QED) is 0.592. The van der Waals surface area contributed by atoms with E-state index in [1.165, 1.54) is 0 Å². The maximum absolute atomic E-state index is 11.4. The second-order valence-electron chi connectivity index (χ2n) is 3.78. The van der Waals surface area contributed by atoms with Crippen LogP contribution in [0.5, 0.6) is 0 Å². The third-order valence-corrected chi connectivity index (χ3v) is 3.15. The van der Waals surface area contributed by atoms with Gasteiger partial charge in [0.05, 0.1) is 0 Å². The zero-order chi connectivity index (χ0) is 10.6. The van der Waals surface area contributed by atoms with Crippen molar-refractivity contribution in [2.75, 3.05) is 13.6 Å². The van der Waals surface area contributed by atoms with Crippen molar-refractivity contribution >= 4 is 11.0 Å². The number of hydrogen-bond acceptors (Lipinski definition) is 1. The molecule has 0 aromatic rings. The van der Waals surface area contributed by atoms with Gasteiger partial charge in [-0.05, 0) is 12.3 Å². The van der Waals surface area contributed by atoms with Crippen LogP contribution >= 0.6 is 0 Å². The summed E-state index contributed by atoms with van der Waals surface area (Å²) in [5.74, 6) is 0. The van der Waals surface area contributed by atoms with Crippen molar-refractivity contribution in [2.24, 2.45) is 5.41 Å². The molecule has 1 aliphatic rings. The summed E-state index contributed by atoms with van der Waals surface area (Å²) in [5.41, 5.74) is 0.173. The number of nitrogens with zero attached hydrogens (tertiary/aromatic N) is 1. The van der Waals surface area contributed by atoms with Crippen LogP contribution in [0.15, 0.2) is 11.0 Å². The van der Waals surface area contributed by atoms with E-state index in [9.17, 15) is 4.21 Å². The van der Waals surface area contributed by atoms with Crippen LogP contribution < -0.4 is 0 Å². The highest BCUT2D eigenvalue weighted by Gasteiger charge is 2.26. The summed E-state index contributed by atoms with van der Waals surface area (Å²) in [4.78, 5) is 0.976. The van der Waals surface area contributed by atoms with Crippen LogP contribution in [0.25, 0.3) is 0 Å². The van der Waals surface area contributed by atoms with E-state index in [-0.39, 0.29) is 5.41 Å². The lowest BCUT2D eigenvalue weighted by atomic mass is 9.93. The number of allylic oxidation sites excluding steroid dienone is 1. The molecule has 2 nitrogen and oxygen atoms in total. The van der Waals surface area contributed by atoms with Gasteiger partial charge in [0.15, 0.2) is 0 Å². The van der Waals surface area contributed by atoms with Crippen LogP contribution in [-0.2, 0) is 11.0 Å². The van der Waals surface area contributed by atoms with Gasteiger partial charge >= 0.3 is 0 Å². The van der Waals surface area contributed by atoms with Gasteiger partial charge in [-0.3, -0.25) is 0 Å². The molecule has 3 heteroatoms. The topological polar surface area (TPSA) is 20.3 Å². The van der Waals surface area contributed by atoms with Crippen molar-refractivity contribution in [3.8, 4) is 0 Å². The minimum atomic E-state index is -0.882. The molecule has 0 fully saturated rings. The van der Waals surface area contributed by atoms with Crippen molar-refractivity contribution in [3.05, 3.63) is 11.0 Å². The lowest BCUT2D eigenvalue weighted by Crippen LogP contribution is -2.36. The Balaban J connectivity index is 0.000000671. The molecule has 78 valence electrons. The molecule has 1 heterocycles. The van der Waals surface area contributed by atoms with Crippen LogP contribution in [0.1, 0.15) is 34.6 Å². The average Bonchev–Trinajstić information content (AvgIpc) is 2.02. The van der Waals surface area contributed by atoms with Gasteiger partial charge in [-0.2, -0.15) is 0 Å². The molecule has 1 aliphatic heterocycles. The van der Waals surface area contributed by atoms with Crippen molar-refractivity contribution in [1.82, 2.24) is 4.31 Å². The first kappa shape index (κ1) is 12.8. The van der Waals surface area contributed by atoms with Gasteiger partial charge in [0.1, 0.15) is 11.0 Å². The van der Waals surface area contributed by atoms with Crippen molar-refractivity contribution < 1.29 is 4.21 Å². The minimum Gasteiger partial charge on any atom is -0.238 e. The van der Waals surface area contributed by atoms with Crippen LogP contribution in [0.4, 0.5) is 0 Å². The van der Waals surface area contributed by atoms with Crippen LogP contribution in [0, 0.1) is 5.41 Å². The van der Waals surface area contributed by atoms with Crippen molar-refractivity contribution in [3.63, 3.8) is 0 Å². The third kappa shape index (κ3) is 3.61. The smallest absolute Gasteiger partial charge is 0.122 e. The molecule has 1 atom stereocenters. The Hall–Kier alpha value is -0.150. The first-order valence-electron chi connectivity index (χ1n) is 4.75. The fraction of sp³-hybridized carbons (Fsp3) is 0.800. The zero-order valence-electron chi connectivity index (χ0n) is 9.55. The Bertz CT molecular complexity index is 221. The molecule has 0 bridgehead atoms. The summed E-state index contributed by atoms with van der Waals surface area (Å²) in [6, 6.07) is 0. The molecule has 0 radical (unpaired) electrons. The molecule has 0 aliphatic carbocycles. The first-order chi connectivity index (χ1) is 5.92. The SMILES string of the molecule is CC.CC1=CC(C)(C)CN(C)S1=O. The summed E-state index contributed by atoms with van der Waals surface area (Å²) >= 11 is 0. The predicted octanol–water partition coefficient (Wildman–Crippen LogP) is 2.55. The molecule has 0 N–H and O–H groups in total. The van der Waals surface area contributed by atoms with Crippen molar-refractivity contribution in [1.29, 1.82) is 0 Å². The lowest BCUT2D eigenvalue weighted by molar-refractivity contribution is 0.353. The fourth-order valence-corrected chi connectivity index (χ4v) is 2.89. The molecule has 0 aromatic heterocycles. The van der Waals surface area contributed by atoms with Gasteiger partial charge in [-0.1, -0.05) is 33.8 Å². The van der Waals surface area contributed by atoms with Gasteiger partial charge < -0.3 is 0 Å². The maximum Gasteiger partial charge on any atom is 0.122 e. The molecule has 0 saturated carbocycles. The highest BCUT2D eigenvalue weighted by molar-refractivity contribution is 7.86. The number of hydrogen-bond donors (Lipinski definition) is 0. The third-order valence-electron chi connectivity index (χ3n) is 1.78. The molecule has 0 amide bonds. The van der Waals surface area contributed by atoms with Crippen LogP contribution in [-0.4, -0.2) is 22.1 Å². The van der Waals surface area contributed by atoms with Gasteiger partial charge in [-0.25, -0.2) is 8.51 Å². The van der Waals surface area contributed by atoms with Gasteiger partial charge in [0, 0.05) is 18.5 Å². The lowest BCUT2D eigenvalue weighted by Gasteiger charge is -2.32. The zero-order valence-corrected chi connectivity index (χ0v) is 10.4. The van der Waals surface area contributed by atoms with E-state index in [1.54, 1.807) is 0 Å². The minimum absolute atomic E-state index is 0.173. The summed E-state index contributed by atoms with van der Waals surface area (Å²) in [7, 11) is 1.02. The molecule has 0 saturated heterocycles. The highest BCUT2D eigenvalue weighted by Crippen LogP contribution is 2.27. The van der Waals surface area contributed by atoms with E-state index < -0.39 is 11.0 Å². The van der Waals surface area contributed by atoms with Crippen LogP contribution in [0.2, 0.25) is 0 Å². The summed E-state index contributed by atoms with van der Waals surface area (Å²) in [6.07, 6.45) is 2.10. The first-order valence-corrected chi connectivity index (χ1v) is 5.85. The molecule has 0 spiro atoms. The maximum atomic E-state index is 11.4. The normalized spacial score (nSPS) is 27.2. The van der Waals surface area contributed by atoms with E-state index in [4.69, 9.17) is 0 Å². The molecule has 0 aromatic carbocycles. The molecular weight excluding hydrogens is 182 g/mol. The standard InChI is InChI=1S/C8H15NOS.C2H6/c1-7-5-8(2,3)6-9(4)11(7)10;1-2/h5H,6H2,1-4H3;1-2H3. The Morgan fingerprint density at radius 3 is 2.31 bits per heavy atom. The van der Waals surface area contributed by atoms with E-state index >= 15 is 0 Å². The molecular formula is C10H21NOS. The average molecular weight is 203 g/mol. The van der Waals surface area contributed by atoms with Crippen LogP contribution in [0.3, 0.4) is 0 Å². The summed E-state index contributed by atoms with van der Waals surface area (Å²) in [6.45, 7) is 11.1. The van der Waals surface area contributed by atoms with E-state index in [2.05, 4.69) is 19.9 Å². The highest BCUT2D eigenvalue weighted by atomic mass is 32.2. The Morgan fingerprint density at radius 1 is 1.46 bits per heavy atom. The fourth-order valence-electron chi connectivity index (χ4n) is 1.52. The largest absolute Gasteiger partial charge is 0.238 e. The van der Waals surface area contributed by atoms with Crippen molar-refractivity contribution in [2.45, 2.75) is 34.6 Å². The monoisotopic (exact) mass is 203 g/mol. The summed E-state index contributed by atoms with van der Waals surface area (Å²) < 4.78 is 13.3. The van der Waals surface area contributed by atoms with Gasteiger partial charge in [0.25, 0.3) is 0 Å². The Kier molecular flexibility index (Phi) is 4.86. The van der Waals surface area contributed by atoms with E-state index in [1.807, 2.05) is 32.1 Å². The summed E-state index contributed by atoms with van der Waals surface area (Å²) in [5, 5.41) is 0. The second-order valence-corrected chi connectivity index (χ2v) is 5.54. The Labute approximate surface area is 84.6 Å². The van der Waals surface area contributed by atoms with E-state index in [0.717, 1.165) is 11.4 Å². The Morgan fingerprint density at radius 2 is 1.92 bits per heavy atom. The molecule has 1 rings (SSSR count).